The number of carbonyl (C=O) groups is 2. The van der Waals surface area contributed by atoms with Gasteiger partial charge in [-0.2, -0.15) is 0 Å². The van der Waals surface area contributed by atoms with E-state index in [2.05, 4.69) is 31.4 Å². The zero-order chi connectivity index (χ0) is 26.1. The lowest BCUT2D eigenvalue weighted by Gasteiger charge is -2.37. The molecule has 3 rings (SSSR count). The molecule has 1 saturated carbocycles. The Kier molecular flexibility index (Phi) is 9.99. The van der Waals surface area contributed by atoms with E-state index in [1.165, 1.54) is 12.8 Å². The first-order valence-corrected chi connectivity index (χ1v) is 12.7. The van der Waals surface area contributed by atoms with Crippen molar-refractivity contribution in [1.29, 1.82) is 0 Å². The molecule has 0 radical (unpaired) electrons. The van der Waals surface area contributed by atoms with Gasteiger partial charge >= 0.3 is 5.97 Å². The van der Waals surface area contributed by atoms with Crippen LogP contribution in [0.15, 0.2) is 42.5 Å². The third kappa shape index (κ3) is 8.45. The van der Waals surface area contributed by atoms with E-state index in [9.17, 15) is 9.59 Å². The van der Waals surface area contributed by atoms with Gasteiger partial charge in [-0.15, -0.1) is 0 Å². The van der Waals surface area contributed by atoms with Crippen molar-refractivity contribution in [1.82, 2.24) is 5.32 Å². The molecule has 3 unspecified atom stereocenters. The summed E-state index contributed by atoms with van der Waals surface area (Å²) in [4.78, 5) is 23.0. The second-order valence-corrected chi connectivity index (χ2v) is 10.0. The Hall–Kier alpha value is -3.26. The number of nitrogen functional groups attached to an aromatic ring is 1. The number of aliphatic carboxylic acids is 1. The molecule has 2 aromatic rings. The summed E-state index contributed by atoms with van der Waals surface area (Å²) >= 11 is 0. The number of carboxylic acids is 1. The van der Waals surface area contributed by atoms with Crippen LogP contribution in [0.4, 0.5) is 11.4 Å². The third-order valence-corrected chi connectivity index (χ3v) is 6.80. The quantitative estimate of drug-likeness (QED) is 0.320. The van der Waals surface area contributed by atoms with E-state index in [0.29, 0.717) is 42.3 Å². The van der Waals surface area contributed by atoms with Gasteiger partial charge in [0.15, 0.2) is 6.61 Å². The largest absolute Gasteiger partial charge is 0.482 e. The minimum Gasteiger partial charge on any atom is -0.482 e. The molecule has 3 atom stereocenters. The summed E-state index contributed by atoms with van der Waals surface area (Å²) in [7, 11) is 0. The number of nitrogens with one attached hydrogen (secondary N) is 2. The number of benzene rings is 2. The van der Waals surface area contributed by atoms with Gasteiger partial charge < -0.3 is 30.9 Å². The van der Waals surface area contributed by atoms with E-state index >= 15 is 0 Å². The van der Waals surface area contributed by atoms with Gasteiger partial charge in [0, 0.05) is 30.5 Å². The van der Waals surface area contributed by atoms with Crippen LogP contribution in [0.3, 0.4) is 0 Å². The fourth-order valence-corrected chi connectivity index (χ4v) is 4.65. The van der Waals surface area contributed by atoms with Crippen molar-refractivity contribution in [2.45, 2.75) is 59.2 Å². The Bertz CT molecular complexity index is 1010. The smallest absolute Gasteiger partial charge is 0.341 e. The average Bonchev–Trinajstić information content (AvgIpc) is 2.84. The molecule has 0 bridgehead atoms. The van der Waals surface area contributed by atoms with Crippen LogP contribution in [-0.2, 0) is 27.4 Å². The van der Waals surface area contributed by atoms with Crippen molar-refractivity contribution in [3.63, 3.8) is 0 Å². The van der Waals surface area contributed by atoms with Crippen LogP contribution in [0.1, 0.15) is 51.2 Å². The van der Waals surface area contributed by atoms with E-state index in [0.717, 1.165) is 23.2 Å². The van der Waals surface area contributed by atoms with Crippen LogP contribution in [-0.4, -0.2) is 36.3 Å². The Morgan fingerprint density at radius 1 is 1.08 bits per heavy atom. The van der Waals surface area contributed by atoms with Crippen LogP contribution in [0, 0.1) is 17.8 Å². The summed E-state index contributed by atoms with van der Waals surface area (Å²) in [6, 6.07) is 13.0. The summed E-state index contributed by atoms with van der Waals surface area (Å²) in [5.41, 5.74) is 9.39. The molecule has 8 heteroatoms. The number of amides is 1. The Labute approximate surface area is 213 Å². The van der Waals surface area contributed by atoms with Crippen molar-refractivity contribution >= 4 is 23.3 Å². The van der Waals surface area contributed by atoms with Gasteiger partial charge in [-0.05, 0) is 59.9 Å². The summed E-state index contributed by atoms with van der Waals surface area (Å²) in [6.07, 6.45) is 3.60. The molecule has 8 nitrogen and oxygen atoms in total. The number of hydrogen-bond acceptors (Lipinski definition) is 6. The van der Waals surface area contributed by atoms with Gasteiger partial charge in [-0.25, -0.2) is 4.79 Å². The van der Waals surface area contributed by atoms with Crippen LogP contribution in [0.25, 0.3) is 0 Å². The van der Waals surface area contributed by atoms with Gasteiger partial charge in [-0.1, -0.05) is 45.4 Å². The number of ether oxygens (including phenoxy) is 2. The van der Waals surface area contributed by atoms with Crippen LogP contribution >= 0.6 is 0 Å². The monoisotopic (exact) mass is 497 g/mol. The second kappa shape index (κ2) is 13.2. The maximum Gasteiger partial charge on any atom is 0.341 e. The van der Waals surface area contributed by atoms with Crippen LogP contribution < -0.4 is 21.1 Å². The molecule has 0 saturated heterocycles. The molecule has 1 aliphatic carbocycles. The highest BCUT2D eigenvalue weighted by atomic mass is 16.5. The number of carbonyl (C=O) groups excluding carboxylic acids is 1. The van der Waals surface area contributed by atoms with Gasteiger partial charge in [-0.3, -0.25) is 4.79 Å². The number of rotatable bonds is 12. The first-order chi connectivity index (χ1) is 17.2. The van der Waals surface area contributed by atoms with E-state index in [1.54, 1.807) is 12.1 Å². The Balaban J connectivity index is 1.41. The Morgan fingerprint density at radius 3 is 2.50 bits per heavy atom. The van der Waals surface area contributed by atoms with Gasteiger partial charge in [0.25, 0.3) is 0 Å². The lowest BCUT2D eigenvalue weighted by Crippen LogP contribution is -2.37. The van der Waals surface area contributed by atoms with Crippen LogP contribution in [0.2, 0.25) is 0 Å². The topological polar surface area (TPSA) is 123 Å². The van der Waals surface area contributed by atoms with E-state index in [1.807, 2.05) is 30.3 Å². The highest BCUT2D eigenvalue weighted by Gasteiger charge is 2.31. The molecular formula is C28H39N3O5. The molecule has 5 N–H and O–H groups in total. The third-order valence-electron chi connectivity index (χ3n) is 6.80. The van der Waals surface area contributed by atoms with E-state index in [4.69, 9.17) is 20.3 Å². The molecule has 1 amide bonds. The summed E-state index contributed by atoms with van der Waals surface area (Å²) < 4.78 is 11.2. The number of carboxylic acid groups (broad SMARTS) is 1. The Morgan fingerprint density at radius 2 is 1.83 bits per heavy atom. The second-order valence-electron chi connectivity index (χ2n) is 10.0. The molecule has 0 spiro atoms. The molecule has 36 heavy (non-hydrogen) atoms. The normalized spacial score (nSPS) is 19.6. The number of hydrogen-bond donors (Lipinski definition) is 4. The zero-order valence-corrected chi connectivity index (χ0v) is 21.5. The predicted molar refractivity (Wildman–Crippen MR) is 141 cm³/mol. The summed E-state index contributed by atoms with van der Waals surface area (Å²) in [5, 5.41) is 15.0. The van der Waals surface area contributed by atoms with Gasteiger partial charge in [0.05, 0.1) is 6.10 Å². The SMILES string of the molecule is CC1CCC(C(C)C)C(OCC(=O)NCc2ccc(NCc3ccc(OCC(=O)O)cc3N)cc2)C1. The lowest BCUT2D eigenvalue weighted by molar-refractivity contribution is -0.139. The lowest BCUT2D eigenvalue weighted by atomic mass is 9.75. The zero-order valence-electron chi connectivity index (χ0n) is 21.5. The van der Waals surface area contributed by atoms with Crippen molar-refractivity contribution in [2.24, 2.45) is 17.8 Å². The minimum absolute atomic E-state index is 0.0933. The minimum atomic E-state index is -1.04. The fourth-order valence-electron chi connectivity index (χ4n) is 4.65. The number of anilines is 2. The first kappa shape index (κ1) is 27.3. The first-order valence-electron chi connectivity index (χ1n) is 12.7. The molecule has 2 aromatic carbocycles. The van der Waals surface area contributed by atoms with Crippen molar-refractivity contribution in [2.75, 3.05) is 24.3 Å². The van der Waals surface area contributed by atoms with E-state index < -0.39 is 12.6 Å². The van der Waals surface area contributed by atoms with E-state index in [-0.39, 0.29) is 18.6 Å². The number of nitrogens with two attached hydrogens (primary N) is 1. The highest BCUT2D eigenvalue weighted by Crippen LogP contribution is 2.35. The fraction of sp³-hybridized carbons (Fsp3) is 0.500. The van der Waals surface area contributed by atoms with Crippen molar-refractivity contribution in [3.05, 3.63) is 53.6 Å². The summed E-state index contributed by atoms with van der Waals surface area (Å²) in [6.45, 7) is 7.38. The van der Waals surface area contributed by atoms with Gasteiger partial charge in [0.1, 0.15) is 12.4 Å². The molecule has 1 fully saturated rings. The molecule has 196 valence electrons. The standard InChI is InChI=1S/C28H39N3O5/c1-18(2)24-11-4-19(3)12-26(24)36-16-27(32)31-14-20-5-8-22(9-6-20)30-15-21-7-10-23(13-25(21)29)35-17-28(33)34/h5-10,13,18-19,24,26,30H,4,11-12,14-17,29H2,1-3H3,(H,31,32)(H,33,34). The average molecular weight is 498 g/mol. The van der Waals surface area contributed by atoms with Gasteiger partial charge in [0.2, 0.25) is 5.91 Å². The maximum atomic E-state index is 12.4. The highest BCUT2D eigenvalue weighted by molar-refractivity contribution is 5.77. The predicted octanol–water partition coefficient (Wildman–Crippen LogP) is 4.44. The summed E-state index contributed by atoms with van der Waals surface area (Å²) in [5.74, 6) is 1.02. The molecule has 0 heterocycles. The van der Waals surface area contributed by atoms with Crippen LogP contribution in [0.5, 0.6) is 5.75 Å². The molecule has 1 aliphatic rings. The maximum absolute atomic E-state index is 12.4. The van der Waals surface area contributed by atoms with Crippen molar-refractivity contribution < 1.29 is 24.2 Å². The molecule has 0 aromatic heterocycles. The molecular weight excluding hydrogens is 458 g/mol. The molecule has 0 aliphatic heterocycles. The van der Waals surface area contributed by atoms with Crippen molar-refractivity contribution in [3.8, 4) is 5.75 Å².